The van der Waals surface area contributed by atoms with E-state index in [1.54, 1.807) is 6.07 Å². The quantitative estimate of drug-likeness (QED) is 0.136. The van der Waals surface area contributed by atoms with Crippen LogP contribution in [0.5, 0.6) is 11.5 Å². The minimum Gasteiger partial charge on any atom is -0.504 e. The number of piperidine rings is 1. The van der Waals surface area contributed by atoms with Crippen molar-refractivity contribution in [2.45, 2.75) is 84.3 Å². The molecule has 4 saturated heterocycles. The summed E-state index contributed by atoms with van der Waals surface area (Å²) in [6, 6.07) is 4.23. The second-order valence-corrected chi connectivity index (χ2v) is 13.1. The summed E-state index contributed by atoms with van der Waals surface area (Å²) in [4.78, 5) is 6.13. The molecular weight excluding hydrogens is 568 g/mol. The number of guanidine groups is 1. The van der Waals surface area contributed by atoms with Gasteiger partial charge in [0.05, 0.1) is 12.5 Å². The highest BCUT2D eigenvalue weighted by Crippen LogP contribution is 2.62. The first-order valence-electron chi connectivity index (χ1n) is 14.5. The second kappa shape index (κ2) is 8.57. The van der Waals surface area contributed by atoms with Gasteiger partial charge >= 0.3 is 5.97 Å². The van der Waals surface area contributed by atoms with E-state index in [2.05, 4.69) is 28.3 Å². The van der Waals surface area contributed by atoms with E-state index in [1.807, 2.05) is 12.1 Å². The number of likely N-dealkylation sites (N-methyl/N-ethyl adjacent to an activating group) is 1. The van der Waals surface area contributed by atoms with Crippen LogP contribution in [0.25, 0.3) is 0 Å². The van der Waals surface area contributed by atoms with E-state index in [0.717, 1.165) is 19.4 Å². The topological polar surface area (TPSA) is 243 Å². The van der Waals surface area contributed by atoms with Gasteiger partial charge in [-0.1, -0.05) is 18.2 Å². The highest BCUT2D eigenvalue weighted by Gasteiger charge is 2.83. The van der Waals surface area contributed by atoms with E-state index < -0.39 is 66.4 Å². The van der Waals surface area contributed by atoms with Gasteiger partial charge in [-0.15, -0.1) is 0 Å². The molecule has 0 aromatic heterocycles. The van der Waals surface area contributed by atoms with Gasteiger partial charge in [-0.05, 0) is 38.1 Å². The number of phenolic OH excluding ortho intramolecular Hbond substituents is 1. The normalized spacial score (nSPS) is 52.7. The average molecular weight is 605 g/mol. The Morgan fingerprint density at radius 3 is 2.58 bits per heavy atom. The van der Waals surface area contributed by atoms with Crippen molar-refractivity contribution in [3.05, 3.63) is 35.4 Å². The maximum Gasteiger partial charge on any atom is 0.311 e. The minimum absolute atomic E-state index is 0.160. The minimum atomic E-state index is -2.52. The van der Waals surface area contributed by atoms with Gasteiger partial charge in [-0.3, -0.25) is 0 Å². The number of likely N-dealkylation sites (tertiary alicyclic amines) is 1. The number of aliphatic hydroxyl groups is 7. The molecule has 2 spiro atoms. The number of aliphatic imine (C=N–C) groups is 1. The molecule has 0 amide bonds. The van der Waals surface area contributed by atoms with Crippen LogP contribution in [-0.2, 0) is 21.3 Å². The van der Waals surface area contributed by atoms with E-state index in [1.165, 1.54) is 11.1 Å². The molecule has 234 valence electrons. The van der Waals surface area contributed by atoms with Gasteiger partial charge in [-0.25, -0.2) is 4.99 Å². The van der Waals surface area contributed by atoms with E-state index in [4.69, 9.17) is 19.9 Å². The number of rotatable bonds is 1. The molecule has 5 fully saturated rings. The standard InChI is InChI=1S/C17H19NO3.C11H17N3O8/c1-18-7-6-17-10-3-5-13(20)16(17)21-15-12(19)4-2-9(14(15)17)8-11(10)18;12-8-13-6(17)2-4-9(19,1-15)5-3(16)10(2,14-8)7(18)11(20,21-4)22-5/h2-5,10-11,13,16,19-20H,6-8H2,1H3;2-7,15-20H,1H2,(H3,12,13,14)/t10-,11+,13-,16-,17-;2?,3-,4?,5?,6?,7+,9+,10?,11?/m01/s1. The molecule has 1 aromatic carbocycles. The summed E-state index contributed by atoms with van der Waals surface area (Å²) in [5.74, 6) is -2.76. The zero-order chi connectivity index (χ0) is 30.4. The first kappa shape index (κ1) is 27.9. The molecule has 0 radical (unpaired) electrons. The first-order valence-corrected chi connectivity index (χ1v) is 14.5. The fourth-order valence-electron chi connectivity index (χ4n) is 9.48. The second-order valence-electron chi connectivity index (χ2n) is 13.1. The third-order valence-electron chi connectivity index (χ3n) is 11.4. The molecule has 9 aliphatic rings. The molecule has 15 nitrogen and oxygen atoms in total. The van der Waals surface area contributed by atoms with E-state index in [-0.39, 0.29) is 23.2 Å². The molecule has 43 heavy (non-hydrogen) atoms. The van der Waals surface area contributed by atoms with Crippen molar-refractivity contribution in [2.75, 3.05) is 20.2 Å². The SMILES string of the molecule is CN1CC[C@]23c4c5ccc(O)c4O[C@H]2[C@@H](O)C=C[C@H]3[C@H]1C5.NC1=NC(O)C2C3OC4(O)OC([C@@H](O)C2(N1)[C@@H]4O)[C@]3(O)CO. The summed E-state index contributed by atoms with van der Waals surface area (Å²) in [6.07, 6.45) is -2.60. The van der Waals surface area contributed by atoms with Crippen LogP contribution < -0.4 is 15.8 Å². The molecule has 3 aliphatic carbocycles. The largest absolute Gasteiger partial charge is 0.504 e. The van der Waals surface area contributed by atoms with Gasteiger partial charge < -0.3 is 71.0 Å². The molecule has 1 aromatic rings. The van der Waals surface area contributed by atoms with Crippen LogP contribution in [0.4, 0.5) is 0 Å². The lowest BCUT2D eigenvalue weighted by Crippen LogP contribution is -2.95. The molecule has 1 saturated carbocycles. The highest BCUT2D eigenvalue weighted by molar-refractivity contribution is 5.80. The molecule has 6 bridgehead atoms. The van der Waals surface area contributed by atoms with Crippen LogP contribution >= 0.6 is 0 Å². The van der Waals surface area contributed by atoms with Crippen molar-refractivity contribution < 1.29 is 55.1 Å². The summed E-state index contributed by atoms with van der Waals surface area (Å²) in [5.41, 5.74) is 4.03. The van der Waals surface area contributed by atoms with Gasteiger partial charge in [0.15, 0.2) is 29.8 Å². The van der Waals surface area contributed by atoms with E-state index >= 15 is 0 Å². The maximum absolute atomic E-state index is 10.6. The number of hydrogen-bond acceptors (Lipinski definition) is 15. The van der Waals surface area contributed by atoms with Gasteiger partial charge in [0.25, 0.3) is 0 Å². The number of nitrogens with zero attached hydrogens (tertiary/aromatic N) is 2. The smallest absolute Gasteiger partial charge is 0.311 e. The summed E-state index contributed by atoms with van der Waals surface area (Å²) < 4.78 is 16.4. The average Bonchev–Trinajstić information content (AvgIpc) is 3.33. The van der Waals surface area contributed by atoms with Crippen molar-refractivity contribution in [3.63, 3.8) is 0 Å². The molecule has 6 aliphatic heterocycles. The molecule has 6 heterocycles. The van der Waals surface area contributed by atoms with Crippen LogP contribution in [0.1, 0.15) is 17.5 Å². The Morgan fingerprint density at radius 2 is 1.84 bits per heavy atom. The number of ether oxygens (including phenoxy) is 3. The number of hydrogen-bond donors (Lipinski definition) is 10. The van der Waals surface area contributed by atoms with Gasteiger partial charge in [0.2, 0.25) is 0 Å². The fraction of sp³-hybridized carbons (Fsp3) is 0.679. The third-order valence-corrected chi connectivity index (χ3v) is 11.4. The maximum atomic E-state index is 10.6. The van der Waals surface area contributed by atoms with Crippen molar-refractivity contribution in [1.82, 2.24) is 10.2 Å². The number of phenols is 1. The van der Waals surface area contributed by atoms with Gasteiger partial charge in [-0.2, -0.15) is 0 Å². The number of benzene rings is 1. The lowest BCUT2D eigenvalue weighted by atomic mass is 9.53. The summed E-state index contributed by atoms with van der Waals surface area (Å²) in [5, 5.41) is 84.9. The number of nitrogens with one attached hydrogen (secondary N) is 1. The summed E-state index contributed by atoms with van der Waals surface area (Å²) in [6.45, 7) is 0.153. The summed E-state index contributed by atoms with van der Waals surface area (Å²) >= 11 is 0. The lowest BCUT2D eigenvalue weighted by Gasteiger charge is -2.71. The number of aromatic hydroxyl groups is 1. The zero-order valence-corrected chi connectivity index (χ0v) is 23.2. The number of aliphatic hydroxyl groups excluding tert-OH is 5. The predicted octanol–water partition coefficient (Wildman–Crippen LogP) is -4.32. The van der Waals surface area contributed by atoms with Crippen molar-refractivity contribution in [1.29, 1.82) is 0 Å². The van der Waals surface area contributed by atoms with Gasteiger partial charge in [0.1, 0.15) is 41.7 Å². The van der Waals surface area contributed by atoms with Crippen LogP contribution in [0.3, 0.4) is 0 Å². The molecule has 10 rings (SSSR count). The predicted molar refractivity (Wildman–Crippen MR) is 143 cm³/mol. The van der Waals surface area contributed by atoms with Crippen LogP contribution in [0, 0.1) is 11.8 Å². The Balaban J connectivity index is 0.000000129. The van der Waals surface area contributed by atoms with Gasteiger partial charge in [0, 0.05) is 22.9 Å². The summed E-state index contributed by atoms with van der Waals surface area (Å²) in [7, 11) is 2.19. The van der Waals surface area contributed by atoms with Crippen LogP contribution in [0.15, 0.2) is 29.3 Å². The molecule has 15 heteroatoms. The van der Waals surface area contributed by atoms with Crippen molar-refractivity contribution in [2.24, 2.45) is 22.6 Å². The molecule has 14 atom stereocenters. The Hall–Kier alpha value is -2.57. The van der Waals surface area contributed by atoms with Crippen molar-refractivity contribution >= 4 is 5.96 Å². The Kier molecular flexibility index (Phi) is 5.57. The lowest BCUT2D eigenvalue weighted by molar-refractivity contribution is -0.548. The Morgan fingerprint density at radius 1 is 1.09 bits per heavy atom. The Labute approximate surface area is 245 Å². The van der Waals surface area contributed by atoms with Crippen LogP contribution in [-0.4, -0.2) is 138 Å². The Bertz CT molecular complexity index is 1450. The fourth-order valence-corrected chi connectivity index (χ4v) is 9.48. The third kappa shape index (κ3) is 3.10. The first-order chi connectivity index (χ1) is 20.3. The molecule has 11 N–H and O–H groups in total. The van der Waals surface area contributed by atoms with Crippen LogP contribution in [0.2, 0.25) is 0 Å². The van der Waals surface area contributed by atoms with E-state index in [0.29, 0.717) is 17.7 Å². The molecule has 6 unspecified atom stereocenters. The van der Waals surface area contributed by atoms with E-state index in [9.17, 15) is 40.9 Å². The van der Waals surface area contributed by atoms with Crippen molar-refractivity contribution in [3.8, 4) is 11.5 Å². The monoisotopic (exact) mass is 604 g/mol. The highest BCUT2D eigenvalue weighted by atomic mass is 16.9. The zero-order valence-electron chi connectivity index (χ0n) is 23.2. The molecular formula is C28H36N4O11. The number of nitrogens with two attached hydrogens (primary N) is 1.